The highest BCUT2D eigenvalue weighted by molar-refractivity contribution is 6.09. The molecule has 0 spiro atoms. The first-order chi connectivity index (χ1) is 13.3. The molecule has 0 bridgehead atoms. The maximum atomic E-state index is 2.40. The fraction of sp³-hybridized carbons (Fsp3) is 0.120. The van der Waals surface area contributed by atoms with Crippen molar-refractivity contribution in [3.63, 3.8) is 0 Å². The van der Waals surface area contributed by atoms with Gasteiger partial charge in [-0.05, 0) is 42.6 Å². The van der Waals surface area contributed by atoms with E-state index in [0.29, 0.717) is 0 Å². The van der Waals surface area contributed by atoms with E-state index in [-0.39, 0.29) is 0 Å². The van der Waals surface area contributed by atoms with Gasteiger partial charge in [-0.25, -0.2) is 0 Å². The molecule has 0 saturated heterocycles. The zero-order valence-corrected chi connectivity index (χ0v) is 15.7. The van der Waals surface area contributed by atoms with Crippen LogP contribution in [0, 0.1) is 0 Å². The van der Waals surface area contributed by atoms with Gasteiger partial charge in [0.15, 0.2) is 0 Å². The van der Waals surface area contributed by atoms with E-state index >= 15 is 0 Å². The number of fused-ring (bicyclic) bond motifs is 4. The summed E-state index contributed by atoms with van der Waals surface area (Å²) in [6, 6.07) is 30.6. The minimum Gasteiger partial charge on any atom is -0.344 e. The summed E-state index contributed by atoms with van der Waals surface area (Å²) in [4.78, 5) is 2.29. The predicted molar refractivity (Wildman–Crippen MR) is 117 cm³/mol. The van der Waals surface area contributed by atoms with Gasteiger partial charge in [-0.15, -0.1) is 0 Å². The lowest BCUT2D eigenvalue weighted by atomic mass is 10.1. The second-order valence-electron chi connectivity index (χ2n) is 7.02. The van der Waals surface area contributed by atoms with E-state index in [1.807, 2.05) is 0 Å². The van der Waals surface area contributed by atoms with E-state index in [2.05, 4.69) is 108 Å². The summed E-state index contributed by atoms with van der Waals surface area (Å²) >= 11 is 0. The van der Waals surface area contributed by atoms with Gasteiger partial charge in [0.05, 0.1) is 0 Å². The molecule has 0 aliphatic rings. The normalized spacial score (nSPS) is 11.5. The molecule has 2 heteroatoms. The van der Waals surface area contributed by atoms with Crippen LogP contribution in [0.3, 0.4) is 0 Å². The minimum atomic E-state index is 0.975. The fourth-order valence-corrected chi connectivity index (χ4v) is 4.23. The van der Waals surface area contributed by atoms with Crippen LogP contribution in [0.25, 0.3) is 32.6 Å². The van der Waals surface area contributed by atoms with Gasteiger partial charge in [-0.1, -0.05) is 54.6 Å². The highest BCUT2D eigenvalue weighted by Gasteiger charge is 2.13. The first kappa shape index (κ1) is 16.0. The molecule has 0 aliphatic heterocycles. The zero-order chi connectivity index (χ0) is 18.4. The zero-order valence-electron chi connectivity index (χ0n) is 15.7. The number of aromatic nitrogens is 1. The molecule has 0 N–H and O–H groups in total. The Kier molecular flexibility index (Phi) is 3.64. The number of benzene rings is 4. The van der Waals surface area contributed by atoms with E-state index < -0.39 is 0 Å². The van der Waals surface area contributed by atoms with Gasteiger partial charge in [0.1, 0.15) is 0 Å². The van der Waals surface area contributed by atoms with E-state index in [1.165, 1.54) is 44.0 Å². The first-order valence-corrected chi connectivity index (χ1v) is 9.50. The second-order valence-corrected chi connectivity index (χ2v) is 7.02. The summed E-state index contributed by atoms with van der Waals surface area (Å²) in [6.07, 6.45) is 0. The van der Waals surface area contributed by atoms with E-state index in [4.69, 9.17) is 0 Å². The van der Waals surface area contributed by atoms with Gasteiger partial charge in [-0.2, -0.15) is 0 Å². The van der Waals surface area contributed by atoms with Crippen LogP contribution in [0.4, 0.5) is 11.4 Å². The maximum Gasteiger partial charge on any atom is 0.0492 e. The average molecular weight is 350 g/mol. The standard InChI is InChI=1S/C25H22N2/c1-3-27-24-13-7-6-12-21(24)22-17-19(15-16-25(22)27)26(2)23-14-8-10-18-9-4-5-11-20(18)23/h4-17H,3H2,1-2H3. The topological polar surface area (TPSA) is 8.17 Å². The highest BCUT2D eigenvalue weighted by atomic mass is 15.1. The van der Waals surface area contributed by atoms with Crippen LogP contribution in [0.1, 0.15) is 6.92 Å². The molecule has 5 aromatic rings. The molecule has 0 atom stereocenters. The summed E-state index contributed by atoms with van der Waals surface area (Å²) in [5.74, 6) is 0. The molecular formula is C25H22N2. The molecule has 0 saturated carbocycles. The molecule has 132 valence electrons. The van der Waals surface area contributed by atoms with Gasteiger partial charge in [-0.3, -0.25) is 0 Å². The van der Waals surface area contributed by atoms with Crippen molar-refractivity contribution in [3.05, 3.63) is 84.9 Å². The third-order valence-electron chi connectivity index (χ3n) is 5.59. The quantitative estimate of drug-likeness (QED) is 0.350. The van der Waals surface area contributed by atoms with Crippen LogP contribution in [-0.4, -0.2) is 11.6 Å². The lowest BCUT2D eigenvalue weighted by Crippen LogP contribution is -2.09. The number of hydrogen-bond acceptors (Lipinski definition) is 1. The van der Waals surface area contributed by atoms with Crippen molar-refractivity contribution in [1.82, 2.24) is 4.57 Å². The van der Waals surface area contributed by atoms with Crippen molar-refractivity contribution in [2.45, 2.75) is 13.5 Å². The van der Waals surface area contributed by atoms with Crippen LogP contribution in [0.15, 0.2) is 84.9 Å². The Hall–Kier alpha value is -3.26. The molecular weight excluding hydrogens is 328 g/mol. The second kappa shape index (κ2) is 6.17. The van der Waals surface area contributed by atoms with Gasteiger partial charge >= 0.3 is 0 Å². The summed E-state index contributed by atoms with van der Waals surface area (Å²) in [5.41, 5.74) is 5.04. The molecule has 27 heavy (non-hydrogen) atoms. The van der Waals surface area contributed by atoms with Gasteiger partial charge in [0, 0.05) is 52.2 Å². The Morgan fingerprint density at radius 1 is 0.704 bits per heavy atom. The molecule has 0 amide bonds. The molecule has 0 fully saturated rings. The third kappa shape index (κ3) is 2.41. The highest BCUT2D eigenvalue weighted by Crippen LogP contribution is 2.35. The van der Waals surface area contributed by atoms with E-state index in [0.717, 1.165) is 6.54 Å². The fourth-order valence-electron chi connectivity index (χ4n) is 4.23. The lowest BCUT2D eigenvalue weighted by Gasteiger charge is -2.22. The Bertz CT molecular complexity index is 1270. The van der Waals surface area contributed by atoms with Crippen molar-refractivity contribution < 1.29 is 0 Å². The molecule has 0 radical (unpaired) electrons. The van der Waals surface area contributed by atoms with Crippen LogP contribution in [0.2, 0.25) is 0 Å². The number of para-hydroxylation sites is 1. The van der Waals surface area contributed by atoms with Gasteiger partial charge in [0.25, 0.3) is 0 Å². The van der Waals surface area contributed by atoms with Crippen molar-refractivity contribution in [1.29, 1.82) is 0 Å². The molecule has 1 aromatic heterocycles. The molecule has 1 heterocycles. The molecule has 4 aromatic carbocycles. The van der Waals surface area contributed by atoms with Crippen molar-refractivity contribution >= 4 is 44.0 Å². The van der Waals surface area contributed by atoms with Crippen LogP contribution in [0.5, 0.6) is 0 Å². The maximum absolute atomic E-state index is 2.40. The van der Waals surface area contributed by atoms with E-state index in [9.17, 15) is 0 Å². The Morgan fingerprint density at radius 3 is 2.26 bits per heavy atom. The average Bonchev–Trinajstić information content (AvgIpc) is 3.05. The van der Waals surface area contributed by atoms with Gasteiger partial charge < -0.3 is 9.47 Å². The summed E-state index contributed by atoms with van der Waals surface area (Å²) in [5, 5.41) is 5.18. The van der Waals surface area contributed by atoms with E-state index in [1.54, 1.807) is 0 Å². The van der Waals surface area contributed by atoms with Crippen molar-refractivity contribution in [2.24, 2.45) is 0 Å². The Balaban J connectivity index is 1.72. The number of nitrogens with zero attached hydrogens (tertiary/aromatic N) is 2. The Labute approximate surface area is 159 Å². The molecule has 0 aliphatic carbocycles. The minimum absolute atomic E-state index is 0.975. The van der Waals surface area contributed by atoms with Gasteiger partial charge in [0.2, 0.25) is 0 Å². The number of anilines is 2. The summed E-state index contributed by atoms with van der Waals surface area (Å²) in [6.45, 7) is 3.19. The first-order valence-electron chi connectivity index (χ1n) is 9.50. The smallest absolute Gasteiger partial charge is 0.0492 e. The Morgan fingerprint density at radius 2 is 1.41 bits per heavy atom. The summed E-state index contributed by atoms with van der Waals surface area (Å²) in [7, 11) is 2.15. The number of aryl methyl sites for hydroxylation is 1. The molecule has 0 unspecified atom stereocenters. The monoisotopic (exact) mass is 350 g/mol. The number of rotatable bonds is 3. The van der Waals surface area contributed by atoms with Crippen LogP contribution in [-0.2, 0) is 6.54 Å². The molecule has 2 nitrogen and oxygen atoms in total. The largest absolute Gasteiger partial charge is 0.344 e. The SMILES string of the molecule is CCn1c2ccccc2c2cc(N(C)c3cccc4ccccc34)ccc21. The summed E-state index contributed by atoms with van der Waals surface area (Å²) < 4.78 is 2.40. The lowest BCUT2D eigenvalue weighted by molar-refractivity contribution is 0.827. The predicted octanol–water partition coefficient (Wildman–Crippen LogP) is 6.74. The van der Waals surface area contributed by atoms with Crippen molar-refractivity contribution in [2.75, 3.05) is 11.9 Å². The van der Waals surface area contributed by atoms with Crippen molar-refractivity contribution in [3.8, 4) is 0 Å². The molecule has 5 rings (SSSR count). The van der Waals surface area contributed by atoms with Crippen LogP contribution >= 0.6 is 0 Å². The van der Waals surface area contributed by atoms with Crippen LogP contribution < -0.4 is 4.90 Å². The number of hydrogen-bond donors (Lipinski definition) is 0. The third-order valence-corrected chi connectivity index (χ3v) is 5.59.